The van der Waals surface area contributed by atoms with Crippen LogP contribution >= 0.6 is 0 Å². The molecule has 0 radical (unpaired) electrons. The molecule has 23 heavy (non-hydrogen) atoms. The van der Waals surface area contributed by atoms with Gasteiger partial charge in [0.25, 0.3) is 0 Å². The van der Waals surface area contributed by atoms with Gasteiger partial charge in [0.05, 0.1) is 0 Å². The van der Waals surface area contributed by atoms with Crippen molar-refractivity contribution in [2.24, 2.45) is 5.92 Å². The molecule has 1 aromatic heterocycles. The Labute approximate surface area is 139 Å². The average Bonchev–Trinajstić information content (AvgIpc) is 2.87. The van der Waals surface area contributed by atoms with Crippen LogP contribution in [0.2, 0.25) is 0 Å². The van der Waals surface area contributed by atoms with Crippen molar-refractivity contribution < 1.29 is 0 Å². The zero-order valence-electron chi connectivity index (χ0n) is 14.4. The molecule has 0 saturated carbocycles. The lowest BCUT2D eigenvalue weighted by Crippen LogP contribution is -2.31. The highest BCUT2D eigenvalue weighted by molar-refractivity contribution is 5.15. The molecule has 0 unspecified atom stereocenters. The summed E-state index contributed by atoms with van der Waals surface area (Å²) in [6.45, 7) is 9.08. The summed E-state index contributed by atoms with van der Waals surface area (Å²) in [6.07, 6.45) is 4.29. The number of fused-ring (bicyclic) bond motifs is 1. The number of hydrogen-bond acceptors (Lipinski definition) is 3. The van der Waals surface area contributed by atoms with Crippen LogP contribution in [0.4, 0.5) is 0 Å². The summed E-state index contributed by atoms with van der Waals surface area (Å²) in [5, 5.41) is 8.90. The first-order valence-corrected chi connectivity index (χ1v) is 8.93. The van der Waals surface area contributed by atoms with Gasteiger partial charge in [0, 0.05) is 39.0 Å². The minimum absolute atomic E-state index is 0.774. The normalized spacial score (nSPS) is 16.8. The molecule has 1 atom stereocenters. The number of rotatable bonds is 6. The molecule has 1 aromatic carbocycles. The summed E-state index contributed by atoms with van der Waals surface area (Å²) >= 11 is 0. The second kappa shape index (κ2) is 7.73. The Kier molecular flexibility index (Phi) is 5.44. The van der Waals surface area contributed by atoms with Gasteiger partial charge in [-0.3, -0.25) is 0 Å². The van der Waals surface area contributed by atoms with Crippen molar-refractivity contribution in [1.29, 1.82) is 0 Å². The summed E-state index contributed by atoms with van der Waals surface area (Å²) in [5.41, 5.74) is 1.37. The Morgan fingerprint density at radius 2 is 1.87 bits per heavy atom. The van der Waals surface area contributed by atoms with E-state index in [0.717, 1.165) is 50.6 Å². The summed E-state index contributed by atoms with van der Waals surface area (Å²) in [6, 6.07) is 10.7. The van der Waals surface area contributed by atoms with Crippen molar-refractivity contribution in [2.75, 3.05) is 19.6 Å². The van der Waals surface area contributed by atoms with Crippen molar-refractivity contribution in [1.82, 2.24) is 19.7 Å². The van der Waals surface area contributed by atoms with Gasteiger partial charge in [-0.15, -0.1) is 10.2 Å². The Hall–Kier alpha value is -1.68. The first kappa shape index (κ1) is 16.2. The van der Waals surface area contributed by atoms with Crippen LogP contribution in [-0.4, -0.2) is 39.3 Å². The van der Waals surface area contributed by atoms with Gasteiger partial charge in [0.15, 0.2) is 0 Å². The maximum Gasteiger partial charge on any atom is 0.134 e. The smallest absolute Gasteiger partial charge is 0.134 e. The van der Waals surface area contributed by atoms with Crippen molar-refractivity contribution >= 4 is 0 Å². The third-order valence-electron chi connectivity index (χ3n) is 4.94. The molecule has 1 aliphatic rings. The first-order chi connectivity index (χ1) is 11.3. The Balaban J connectivity index is 1.61. The minimum Gasteiger partial charge on any atom is -0.314 e. The molecule has 0 aliphatic carbocycles. The summed E-state index contributed by atoms with van der Waals surface area (Å²) < 4.78 is 2.36. The first-order valence-electron chi connectivity index (χ1n) is 8.93. The topological polar surface area (TPSA) is 34.0 Å². The minimum atomic E-state index is 0.774. The number of hydrogen-bond donors (Lipinski definition) is 0. The molecule has 3 rings (SSSR count). The molecule has 124 valence electrons. The average molecular weight is 312 g/mol. The van der Waals surface area contributed by atoms with Crippen molar-refractivity contribution in [3.63, 3.8) is 0 Å². The zero-order chi connectivity index (χ0) is 16.1. The van der Waals surface area contributed by atoms with Gasteiger partial charge in [-0.05, 0) is 17.9 Å². The van der Waals surface area contributed by atoms with E-state index in [4.69, 9.17) is 0 Å². The highest BCUT2D eigenvalue weighted by Crippen LogP contribution is 2.14. The van der Waals surface area contributed by atoms with Gasteiger partial charge < -0.3 is 9.47 Å². The van der Waals surface area contributed by atoms with E-state index in [-0.39, 0.29) is 0 Å². The Morgan fingerprint density at radius 1 is 1.04 bits per heavy atom. The molecule has 1 aliphatic heterocycles. The van der Waals surface area contributed by atoms with Crippen molar-refractivity contribution in [3.8, 4) is 0 Å². The van der Waals surface area contributed by atoms with E-state index in [0.29, 0.717) is 0 Å². The van der Waals surface area contributed by atoms with Crippen LogP contribution in [-0.2, 0) is 25.8 Å². The van der Waals surface area contributed by atoms with E-state index >= 15 is 0 Å². The van der Waals surface area contributed by atoms with Crippen LogP contribution in [0.3, 0.4) is 0 Å². The molecular formula is C19H28N4. The molecule has 2 aromatic rings. The SMILES string of the molecule is CC[C@@H](C)CN1CCc2nnc(CCc3ccccc3)n2CC1. The van der Waals surface area contributed by atoms with E-state index < -0.39 is 0 Å². The second-order valence-corrected chi connectivity index (χ2v) is 6.73. The number of benzene rings is 1. The third kappa shape index (κ3) is 4.20. The van der Waals surface area contributed by atoms with Gasteiger partial charge in [-0.25, -0.2) is 0 Å². The van der Waals surface area contributed by atoms with Crippen LogP contribution < -0.4 is 0 Å². The third-order valence-corrected chi connectivity index (χ3v) is 4.94. The van der Waals surface area contributed by atoms with E-state index in [9.17, 15) is 0 Å². The van der Waals surface area contributed by atoms with Gasteiger partial charge in [-0.2, -0.15) is 0 Å². The monoisotopic (exact) mass is 312 g/mol. The lowest BCUT2D eigenvalue weighted by molar-refractivity contribution is 0.238. The molecule has 0 bridgehead atoms. The molecule has 2 heterocycles. The predicted octanol–water partition coefficient (Wildman–Crippen LogP) is 2.97. The Morgan fingerprint density at radius 3 is 2.65 bits per heavy atom. The Bertz CT molecular complexity index is 605. The summed E-state index contributed by atoms with van der Waals surface area (Å²) in [5.74, 6) is 3.09. The van der Waals surface area contributed by atoms with Gasteiger partial charge in [-0.1, -0.05) is 50.6 Å². The predicted molar refractivity (Wildman–Crippen MR) is 93.5 cm³/mol. The van der Waals surface area contributed by atoms with Gasteiger partial charge in [0.2, 0.25) is 0 Å². The number of aromatic nitrogens is 3. The van der Waals surface area contributed by atoms with Crippen LogP contribution in [0.15, 0.2) is 30.3 Å². The standard InChI is InChI=1S/C19H28N4/c1-3-16(2)15-22-12-11-19-21-20-18(23(19)14-13-22)10-9-17-7-5-4-6-8-17/h4-8,16H,3,9-15H2,1-2H3/t16-/m1/s1. The molecule has 4 nitrogen and oxygen atoms in total. The second-order valence-electron chi connectivity index (χ2n) is 6.73. The van der Waals surface area contributed by atoms with Gasteiger partial charge in [0.1, 0.15) is 11.6 Å². The highest BCUT2D eigenvalue weighted by atomic mass is 15.3. The lowest BCUT2D eigenvalue weighted by atomic mass is 10.1. The molecule has 0 amide bonds. The van der Waals surface area contributed by atoms with Crippen LogP contribution in [0, 0.1) is 5.92 Å². The summed E-state index contributed by atoms with van der Waals surface area (Å²) in [4.78, 5) is 2.59. The fourth-order valence-electron chi connectivity index (χ4n) is 3.27. The fraction of sp³-hybridized carbons (Fsp3) is 0.579. The van der Waals surface area contributed by atoms with E-state index in [1.807, 2.05) is 0 Å². The molecule has 0 fully saturated rings. The van der Waals surface area contributed by atoms with Gasteiger partial charge >= 0.3 is 0 Å². The van der Waals surface area contributed by atoms with Crippen LogP contribution in [0.1, 0.15) is 37.5 Å². The molecule has 0 spiro atoms. The fourth-order valence-corrected chi connectivity index (χ4v) is 3.27. The van der Waals surface area contributed by atoms with Crippen molar-refractivity contribution in [3.05, 3.63) is 47.5 Å². The molecule has 0 saturated heterocycles. The number of nitrogens with zero attached hydrogens (tertiary/aromatic N) is 4. The van der Waals surface area contributed by atoms with Crippen LogP contribution in [0.25, 0.3) is 0 Å². The summed E-state index contributed by atoms with van der Waals surface area (Å²) in [7, 11) is 0. The lowest BCUT2D eigenvalue weighted by Gasteiger charge is -2.22. The quantitative estimate of drug-likeness (QED) is 0.822. The molecule has 4 heteroatoms. The maximum atomic E-state index is 4.45. The largest absolute Gasteiger partial charge is 0.314 e. The van der Waals surface area contributed by atoms with E-state index in [2.05, 4.69) is 63.8 Å². The number of aryl methyl sites for hydroxylation is 2. The van der Waals surface area contributed by atoms with Crippen LogP contribution in [0.5, 0.6) is 0 Å². The van der Waals surface area contributed by atoms with E-state index in [1.54, 1.807) is 0 Å². The zero-order valence-corrected chi connectivity index (χ0v) is 14.4. The van der Waals surface area contributed by atoms with E-state index in [1.165, 1.54) is 24.4 Å². The molecule has 0 N–H and O–H groups in total. The molecular weight excluding hydrogens is 284 g/mol. The maximum absolute atomic E-state index is 4.45. The van der Waals surface area contributed by atoms with Crippen molar-refractivity contribution in [2.45, 2.75) is 46.1 Å². The highest BCUT2D eigenvalue weighted by Gasteiger charge is 2.19.